The second-order valence-corrected chi connectivity index (χ2v) is 4.70. The molecule has 2 aromatic heterocycles. The lowest BCUT2D eigenvalue weighted by molar-refractivity contribution is 0.655. The first-order valence-electron chi connectivity index (χ1n) is 6.33. The van der Waals surface area contributed by atoms with E-state index in [2.05, 4.69) is 15.2 Å². The van der Waals surface area contributed by atoms with Crippen LogP contribution < -0.4 is 5.56 Å². The van der Waals surface area contributed by atoms with Crippen LogP contribution in [0.1, 0.15) is 35.2 Å². The maximum atomic E-state index is 11.7. The fourth-order valence-corrected chi connectivity index (χ4v) is 2.57. The Balaban J connectivity index is 2.00. The molecule has 1 N–H and O–H groups in total. The lowest BCUT2D eigenvalue weighted by atomic mass is 9.90. The summed E-state index contributed by atoms with van der Waals surface area (Å²) < 4.78 is 0. The topological polar surface area (TPSA) is 58.6 Å². The van der Waals surface area contributed by atoms with Gasteiger partial charge in [-0.15, -0.1) is 0 Å². The fraction of sp³-hybridized carbons (Fsp3) is 0.357. The largest absolute Gasteiger partial charge is 0.268 e. The van der Waals surface area contributed by atoms with Crippen molar-refractivity contribution >= 4 is 0 Å². The molecule has 1 aliphatic rings. The molecule has 0 bridgehead atoms. The molecule has 0 atom stereocenters. The minimum atomic E-state index is -0.0142. The van der Waals surface area contributed by atoms with Crippen molar-refractivity contribution < 1.29 is 0 Å². The number of hydrogen-bond acceptors (Lipinski definition) is 3. The van der Waals surface area contributed by atoms with Gasteiger partial charge in [0.25, 0.3) is 5.56 Å². The van der Waals surface area contributed by atoms with Gasteiger partial charge in [-0.3, -0.25) is 9.78 Å². The van der Waals surface area contributed by atoms with Crippen LogP contribution in [0.25, 0.3) is 0 Å². The second-order valence-electron chi connectivity index (χ2n) is 4.70. The maximum absolute atomic E-state index is 11.7. The lowest BCUT2D eigenvalue weighted by Crippen LogP contribution is -2.23. The first kappa shape index (κ1) is 11.1. The third-order valence-corrected chi connectivity index (χ3v) is 3.48. The van der Waals surface area contributed by atoms with Crippen molar-refractivity contribution in [3.8, 4) is 0 Å². The number of hydrogen-bond donors (Lipinski definition) is 1. The minimum Gasteiger partial charge on any atom is -0.268 e. The van der Waals surface area contributed by atoms with E-state index in [9.17, 15) is 4.79 Å². The Bertz CT molecular complexity index is 604. The lowest BCUT2D eigenvalue weighted by Gasteiger charge is -2.17. The van der Waals surface area contributed by atoms with E-state index in [0.29, 0.717) is 0 Å². The van der Waals surface area contributed by atoms with Gasteiger partial charge in [-0.1, -0.05) is 6.07 Å². The second kappa shape index (κ2) is 4.72. The minimum absolute atomic E-state index is 0.0142. The van der Waals surface area contributed by atoms with Crippen molar-refractivity contribution in [2.45, 2.75) is 32.1 Å². The number of rotatable bonds is 2. The number of nitrogens with one attached hydrogen (secondary N) is 1. The van der Waals surface area contributed by atoms with Gasteiger partial charge in [0.15, 0.2) is 0 Å². The predicted molar refractivity (Wildman–Crippen MR) is 68.5 cm³/mol. The molecule has 2 aromatic rings. The highest BCUT2D eigenvalue weighted by Gasteiger charge is 2.17. The quantitative estimate of drug-likeness (QED) is 0.869. The predicted octanol–water partition coefficient (Wildman–Crippen LogP) is 1.63. The van der Waals surface area contributed by atoms with Crippen LogP contribution >= 0.6 is 0 Å². The summed E-state index contributed by atoms with van der Waals surface area (Å²) in [5.41, 5.74) is 4.21. The van der Waals surface area contributed by atoms with Crippen LogP contribution in [0.5, 0.6) is 0 Å². The van der Waals surface area contributed by atoms with E-state index in [0.717, 1.165) is 54.5 Å². The van der Waals surface area contributed by atoms with E-state index in [1.165, 1.54) is 0 Å². The van der Waals surface area contributed by atoms with Crippen LogP contribution in [0, 0.1) is 0 Å². The maximum Gasteiger partial charge on any atom is 0.267 e. The van der Waals surface area contributed by atoms with Crippen LogP contribution in [0.15, 0.2) is 29.3 Å². The molecule has 0 saturated heterocycles. The van der Waals surface area contributed by atoms with Crippen molar-refractivity contribution in [2.75, 3.05) is 0 Å². The van der Waals surface area contributed by atoms with Gasteiger partial charge < -0.3 is 0 Å². The Morgan fingerprint density at radius 2 is 2.06 bits per heavy atom. The monoisotopic (exact) mass is 241 g/mol. The van der Waals surface area contributed by atoms with Gasteiger partial charge in [0.1, 0.15) is 0 Å². The summed E-state index contributed by atoms with van der Waals surface area (Å²) in [7, 11) is 0. The number of pyridine rings is 1. The number of nitrogens with zero attached hydrogens (tertiary/aromatic N) is 2. The van der Waals surface area contributed by atoms with Gasteiger partial charge in [-0.2, -0.15) is 5.10 Å². The van der Waals surface area contributed by atoms with E-state index < -0.39 is 0 Å². The first-order valence-corrected chi connectivity index (χ1v) is 6.33. The van der Waals surface area contributed by atoms with Crippen LogP contribution in [-0.2, 0) is 19.3 Å². The Morgan fingerprint density at radius 1 is 1.22 bits per heavy atom. The molecule has 0 amide bonds. The number of aromatic amines is 1. The summed E-state index contributed by atoms with van der Waals surface area (Å²) in [6.45, 7) is 0. The van der Waals surface area contributed by atoms with E-state index in [4.69, 9.17) is 0 Å². The van der Waals surface area contributed by atoms with Gasteiger partial charge in [-0.25, -0.2) is 5.10 Å². The van der Waals surface area contributed by atoms with Crippen molar-refractivity contribution in [3.63, 3.8) is 0 Å². The molecule has 3 rings (SSSR count). The average Bonchev–Trinajstić information content (AvgIpc) is 2.44. The normalized spacial score (nSPS) is 14.2. The fourth-order valence-electron chi connectivity index (χ4n) is 2.57. The molecule has 0 unspecified atom stereocenters. The summed E-state index contributed by atoms with van der Waals surface area (Å²) in [5, 5.41) is 6.84. The summed E-state index contributed by atoms with van der Waals surface area (Å²) in [6.07, 6.45) is 8.47. The SMILES string of the molecule is O=c1[nH]nc(Cc2cccnc2)c2c1CCCC2. The van der Waals surface area contributed by atoms with E-state index in [-0.39, 0.29) is 5.56 Å². The number of fused-ring (bicyclic) bond motifs is 1. The molecule has 1 aliphatic carbocycles. The van der Waals surface area contributed by atoms with Crippen molar-refractivity contribution in [2.24, 2.45) is 0 Å². The first-order chi connectivity index (χ1) is 8.84. The van der Waals surface area contributed by atoms with E-state index >= 15 is 0 Å². The van der Waals surface area contributed by atoms with Crippen molar-refractivity contribution in [1.29, 1.82) is 0 Å². The van der Waals surface area contributed by atoms with Gasteiger partial charge in [0.2, 0.25) is 0 Å². The zero-order valence-electron chi connectivity index (χ0n) is 10.1. The third kappa shape index (κ3) is 2.06. The van der Waals surface area contributed by atoms with E-state index in [1.54, 1.807) is 6.20 Å². The van der Waals surface area contributed by atoms with Crippen LogP contribution in [0.3, 0.4) is 0 Å². The van der Waals surface area contributed by atoms with Crippen LogP contribution in [0.4, 0.5) is 0 Å². The Morgan fingerprint density at radius 3 is 2.83 bits per heavy atom. The molecule has 4 nitrogen and oxygen atoms in total. The molecule has 0 fully saturated rings. The smallest absolute Gasteiger partial charge is 0.267 e. The zero-order valence-corrected chi connectivity index (χ0v) is 10.1. The van der Waals surface area contributed by atoms with Crippen molar-refractivity contribution in [3.05, 3.63) is 57.3 Å². The molecule has 0 aromatic carbocycles. The molecular formula is C14H15N3O. The molecule has 92 valence electrons. The molecule has 0 aliphatic heterocycles. The third-order valence-electron chi connectivity index (χ3n) is 3.48. The highest BCUT2D eigenvalue weighted by Crippen LogP contribution is 2.21. The summed E-state index contributed by atoms with van der Waals surface area (Å²) in [5.74, 6) is 0. The molecular weight excluding hydrogens is 226 g/mol. The molecule has 0 radical (unpaired) electrons. The Kier molecular flexibility index (Phi) is 2.92. The summed E-state index contributed by atoms with van der Waals surface area (Å²) >= 11 is 0. The van der Waals surface area contributed by atoms with Crippen LogP contribution in [0.2, 0.25) is 0 Å². The van der Waals surface area contributed by atoms with Gasteiger partial charge >= 0.3 is 0 Å². The standard InChI is InChI=1S/C14H15N3O/c18-14-12-6-2-1-5-11(12)13(16-17-14)8-10-4-3-7-15-9-10/h3-4,7,9H,1-2,5-6,8H2,(H,17,18). The molecule has 2 heterocycles. The molecule has 0 spiro atoms. The molecule has 18 heavy (non-hydrogen) atoms. The average molecular weight is 241 g/mol. The summed E-state index contributed by atoms with van der Waals surface area (Å²) in [4.78, 5) is 15.8. The van der Waals surface area contributed by atoms with Crippen molar-refractivity contribution in [1.82, 2.24) is 15.2 Å². The Labute approximate surface area is 105 Å². The molecule has 4 heteroatoms. The van der Waals surface area contributed by atoms with Gasteiger partial charge in [-0.05, 0) is 42.9 Å². The highest BCUT2D eigenvalue weighted by molar-refractivity contribution is 5.33. The Hall–Kier alpha value is -1.97. The molecule has 0 saturated carbocycles. The summed E-state index contributed by atoms with van der Waals surface area (Å²) in [6, 6.07) is 3.96. The highest BCUT2D eigenvalue weighted by atomic mass is 16.1. The zero-order chi connectivity index (χ0) is 12.4. The number of aromatic nitrogens is 3. The van der Waals surface area contributed by atoms with E-state index in [1.807, 2.05) is 18.3 Å². The van der Waals surface area contributed by atoms with Crippen LogP contribution in [-0.4, -0.2) is 15.2 Å². The van der Waals surface area contributed by atoms with Gasteiger partial charge in [0.05, 0.1) is 5.69 Å². The van der Waals surface area contributed by atoms with Gasteiger partial charge in [0, 0.05) is 24.4 Å². The number of H-pyrrole nitrogens is 1.